The number of hydrogen-bond acceptors (Lipinski definition) is 5. The summed E-state index contributed by atoms with van der Waals surface area (Å²) < 4.78 is 10.7. The third-order valence-corrected chi connectivity index (χ3v) is 2.32. The van der Waals surface area contributed by atoms with Gasteiger partial charge in [-0.05, 0) is 32.4 Å². The molecule has 0 bridgehead atoms. The standard InChI is InChI=1S/C10H17NO5/c1-9(2,3)16-7-4-5-10(11-14,8(12)13)15-6-7/h7H,4-6H2,1-3H3,(H,12,13)/t7-,10+/m1/s1. The predicted molar refractivity (Wildman–Crippen MR) is 56.0 cm³/mol. The van der Waals surface area contributed by atoms with Gasteiger partial charge in [0.1, 0.15) is 0 Å². The molecule has 0 spiro atoms. The van der Waals surface area contributed by atoms with E-state index in [0.29, 0.717) is 6.42 Å². The molecule has 0 amide bonds. The highest BCUT2D eigenvalue weighted by molar-refractivity contribution is 5.77. The number of ether oxygens (including phenoxy) is 2. The molecule has 6 nitrogen and oxygen atoms in total. The Labute approximate surface area is 93.9 Å². The van der Waals surface area contributed by atoms with E-state index < -0.39 is 11.7 Å². The fourth-order valence-electron chi connectivity index (χ4n) is 1.62. The third-order valence-electron chi connectivity index (χ3n) is 2.32. The van der Waals surface area contributed by atoms with Crippen molar-refractivity contribution in [1.82, 2.24) is 0 Å². The van der Waals surface area contributed by atoms with Crippen molar-refractivity contribution >= 4 is 5.97 Å². The number of rotatable bonds is 3. The van der Waals surface area contributed by atoms with Crippen molar-refractivity contribution in [1.29, 1.82) is 0 Å². The van der Waals surface area contributed by atoms with E-state index in [1.807, 2.05) is 20.8 Å². The highest BCUT2D eigenvalue weighted by Crippen LogP contribution is 2.29. The highest BCUT2D eigenvalue weighted by Gasteiger charge is 2.46. The zero-order chi connectivity index (χ0) is 12.4. The molecular weight excluding hydrogens is 214 g/mol. The number of carbonyl (C=O) groups is 1. The minimum absolute atomic E-state index is 0.0482. The quantitative estimate of drug-likeness (QED) is 0.744. The van der Waals surface area contributed by atoms with Gasteiger partial charge in [0.15, 0.2) is 0 Å². The molecule has 0 saturated carbocycles. The van der Waals surface area contributed by atoms with Gasteiger partial charge in [-0.25, -0.2) is 4.79 Å². The van der Waals surface area contributed by atoms with Gasteiger partial charge in [0.2, 0.25) is 0 Å². The number of nitroso groups, excluding NO2 is 1. The largest absolute Gasteiger partial charge is 0.478 e. The molecule has 1 saturated heterocycles. The van der Waals surface area contributed by atoms with Gasteiger partial charge in [0.25, 0.3) is 5.72 Å². The lowest BCUT2D eigenvalue weighted by atomic mass is 10.0. The summed E-state index contributed by atoms with van der Waals surface area (Å²) in [6.07, 6.45) is 0.316. The summed E-state index contributed by atoms with van der Waals surface area (Å²) in [5.74, 6) is -1.34. The first-order chi connectivity index (χ1) is 7.29. The lowest BCUT2D eigenvalue weighted by molar-refractivity contribution is -0.192. The summed E-state index contributed by atoms with van der Waals surface area (Å²) in [6.45, 7) is 5.80. The van der Waals surface area contributed by atoms with Crippen LogP contribution in [-0.4, -0.2) is 35.1 Å². The highest BCUT2D eigenvalue weighted by atomic mass is 16.6. The van der Waals surface area contributed by atoms with Crippen LogP contribution in [0, 0.1) is 4.91 Å². The number of carboxylic acid groups (broad SMARTS) is 1. The van der Waals surface area contributed by atoms with Crippen LogP contribution in [-0.2, 0) is 14.3 Å². The van der Waals surface area contributed by atoms with Gasteiger partial charge in [-0.1, -0.05) is 0 Å². The molecule has 2 atom stereocenters. The summed E-state index contributed by atoms with van der Waals surface area (Å²) in [6, 6.07) is 0. The molecule has 1 aliphatic rings. The zero-order valence-corrected chi connectivity index (χ0v) is 9.73. The zero-order valence-electron chi connectivity index (χ0n) is 9.73. The van der Waals surface area contributed by atoms with E-state index in [1.165, 1.54) is 0 Å². The second-order valence-electron chi connectivity index (χ2n) is 4.88. The first-order valence-corrected chi connectivity index (χ1v) is 5.19. The molecule has 1 heterocycles. The topological polar surface area (TPSA) is 85.2 Å². The van der Waals surface area contributed by atoms with Crippen molar-refractivity contribution in [2.75, 3.05) is 6.61 Å². The number of hydrogen-bond donors (Lipinski definition) is 1. The minimum atomic E-state index is -1.92. The van der Waals surface area contributed by atoms with Crippen LogP contribution in [0.5, 0.6) is 0 Å². The number of carboxylic acids is 1. The van der Waals surface area contributed by atoms with Crippen LogP contribution in [0.3, 0.4) is 0 Å². The molecule has 0 unspecified atom stereocenters. The normalized spacial score (nSPS) is 31.1. The molecule has 0 aliphatic carbocycles. The van der Waals surface area contributed by atoms with Crippen LogP contribution in [0.15, 0.2) is 5.18 Å². The molecule has 0 aromatic heterocycles. The first-order valence-electron chi connectivity index (χ1n) is 5.19. The van der Waals surface area contributed by atoms with Gasteiger partial charge >= 0.3 is 5.97 Å². The minimum Gasteiger partial charge on any atom is -0.478 e. The Morgan fingerprint density at radius 3 is 2.50 bits per heavy atom. The Hall–Kier alpha value is -1.01. The maximum atomic E-state index is 10.8. The van der Waals surface area contributed by atoms with E-state index >= 15 is 0 Å². The molecule has 1 N–H and O–H groups in total. The fraction of sp³-hybridized carbons (Fsp3) is 0.900. The summed E-state index contributed by atoms with van der Waals surface area (Å²) in [7, 11) is 0. The monoisotopic (exact) mass is 231 g/mol. The molecule has 0 radical (unpaired) electrons. The maximum absolute atomic E-state index is 10.8. The van der Waals surface area contributed by atoms with Crippen LogP contribution >= 0.6 is 0 Å². The number of aliphatic carboxylic acids is 1. The Morgan fingerprint density at radius 2 is 2.19 bits per heavy atom. The average Bonchev–Trinajstić information content (AvgIpc) is 2.16. The molecule has 1 fully saturated rings. The fourth-order valence-corrected chi connectivity index (χ4v) is 1.62. The molecule has 0 aromatic carbocycles. The van der Waals surface area contributed by atoms with Crippen LogP contribution in [0.1, 0.15) is 33.6 Å². The molecule has 16 heavy (non-hydrogen) atoms. The molecule has 92 valence electrons. The van der Waals surface area contributed by atoms with Gasteiger partial charge in [-0.3, -0.25) is 0 Å². The summed E-state index contributed by atoms with van der Waals surface area (Å²) in [5.41, 5.74) is -2.23. The van der Waals surface area contributed by atoms with Crippen molar-refractivity contribution in [2.45, 2.75) is 51.0 Å². The number of nitrogens with zero attached hydrogens (tertiary/aromatic N) is 1. The lowest BCUT2D eigenvalue weighted by Crippen LogP contribution is -2.47. The van der Waals surface area contributed by atoms with Crippen LogP contribution in [0.4, 0.5) is 0 Å². The third kappa shape index (κ3) is 2.99. The van der Waals surface area contributed by atoms with Gasteiger partial charge in [-0.15, -0.1) is 4.91 Å². The van der Waals surface area contributed by atoms with E-state index in [1.54, 1.807) is 0 Å². The van der Waals surface area contributed by atoms with Gasteiger partial charge in [0.05, 0.1) is 18.3 Å². The Morgan fingerprint density at radius 1 is 1.56 bits per heavy atom. The predicted octanol–water partition coefficient (Wildman–Crippen LogP) is 1.53. The van der Waals surface area contributed by atoms with Crippen molar-refractivity contribution in [3.05, 3.63) is 4.91 Å². The van der Waals surface area contributed by atoms with E-state index in [2.05, 4.69) is 5.18 Å². The summed E-state index contributed by atoms with van der Waals surface area (Å²) >= 11 is 0. The van der Waals surface area contributed by atoms with E-state index in [0.717, 1.165) is 0 Å². The molecular formula is C10H17NO5. The van der Waals surface area contributed by atoms with E-state index in [-0.39, 0.29) is 24.7 Å². The van der Waals surface area contributed by atoms with Crippen LogP contribution < -0.4 is 0 Å². The van der Waals surface area contributed by atoms with E-state index in [9.17, 15) is 9.70 Å². The van der Waals surface area contributed by atoms with Crippen LogP contribution in [0.25, 0.3) is 0 Å². The smallest absolute Gasteiger partial charge is 0.362 e. The van der Waals surface area contributed by atoms with E-state index in [4.69, 9.17) is 14.6 Å². The Kier molecular flexibility index (Phi) is 3.64. The average molecular weight is 231 g/mol. The Bertz CT molecular complexity index is 275. The van der Waals surface area contributed by atoms with Gasteiger partial charge in [-0.2, -0.15) is 0 Å². The van der Waals surface area contributed by atoms with Crippen molar-refractivity contribution in [2.24, 2.45) is 5.18 Å². The summed E-state index contributed by atoms with van der Waals surface area (Å²) in [5, 5.41) is 11.4. The SMILES string of the molecule is CC(C)(C)O[C@@H]1CC[C@@](N=O)(C(=O)O)OC1. The maximum Gasteiger partial charge on any atom is 0.362 e. The van der Waals surface area contributed by atoms with Gasteiger partial charge in [0, 0.05) is 6.42 Å². The van der Waals surface area contributed by atoms with Crippen LogP contribution in [0.2, 0.25) is 0 Å². The molecule has 1 rings (SSSR count). The Balaban J connectivity index is 2.56. The summed E-state index contributed by atoms with van der Waals surface area (Å²) in [4.78, 5) is 21.4. The second kappa shape index (κ2) is 4.47. The lowest BCUT2D eigenvalue weighted by Gasteiger charge is -2.35. The molecule has 1 aliphatic heterocycles. The van der Waals surface area contributed by atoms with Crippen molar-refractivity contribution in [3.8, 4) is 0 Å². The van der Waals surface area contributed by atoms with Crippen molar-refractivity contribution in [3.63, 3.8) is 0 Å². The first kappa shape index (κ1) is 13.1. The molecule has 6 heteroatoms. The van der Waals surface area contributed by atoms with Crippen molar-refractivity contribution < 1.29 is 19.4 Å². The second-order valence-corrected chi connectivity index (χ2v) is 4.88. The van der Waals surface area contributed by atoms with Gasteiger partial charge < -0.3 is 14.6 Å². The molecule has 0 aromatic rings.